The molecule has 34 heavy (non-hydrogen) atoms. The van der Waals surface area contributed by atoms with Crippen LogP contribution in [0.25, 0.3) is 5.57 Å². The summed E-state index contributed by atoms with van der Waals surface area (Å²) < 4.78 is 0. The number of amides is 1. The van der Waals surface area contributed by atoms with Gasteiger partial charge in [-0.25, -0.2) is 0 Å². The highest BCUT2D eigenvalue weighted by Crippen LogP contribution is 2.34. The number of benzene rings is 2. The highest BCUT2D eigenvalue weighted by molar-refractivity contribution is 5.95. The Morgan fingerprint density at radius 3 is 2.18 bits per heavy atom. The van der Waals surface area contributed by atoms with Gasteiger partial charge in [-0.05, 0) is 93.6 Å². The third-order valence-corrected chi connectivity index (χ3v) is 7.70. The first kappa shape index (κ1) is 24.5. The van der Waals surface area contributed by atoms with Gasteiger partial charge in [-0.2, -0.15) is 0 Å². The van der Waals surface area contributed by atoms with Crippen LogP contribution in [0.4, 0.5) is 5.69 Å². The maximum Gasteiger partial charge on any atom is 0.253 e. The molecule has 4 heteroatoms. The summed E-state index contributed by atoms with van der Waals surface area (Å²) in [4.78, 5) is 17.2. The van der Waals surface area contributed by atoms with Gasteiger partial charge in [-0.1, -0.05) is 49.1 Å². The van der Waals surface area contributed by atoms with E-state index >= 15 is 0 Å². The summed E-state index contributed by atoms with van der Waals surface area (Å²) in [5.41, 5.74) is 7.45. The molecule has 2 fully saturated rings. The van der Waals surface area contributed by atoms with Gasteiger partial charge in [0, 0.05) is 37.4 Å². The van der Waals surface area contributed by atoms with E-state index in [2.05, 4.69) is 53.7 Å². The number of hydrogen-bond acceptors (Lipinski definition) is 3. The van der Waals surface area contributed by atoms with Gasteiger partial charge in [0.25, 0.3) is 5.91 Å². The standard InChI is InChI=1S/C30H41N3O/c1-4-33(5-2)30(34)25-16-14-23(15-17-25)29(24-18-20-31-21-19-24)26-10-9-13-28(22-26)32(3)27-11-7-6-8-12-27/h9-10,13-17,22,27,31H,4-8,11-12,18-21H2,1-3H3. The molecule has 0 aromatic heterocycles. The fraction of sp³-hybridized carbons (Fsp3) is 0.500. The van der Waals surface area contributed by atoms with Crippen molar-refractivity contribution in [3.63, 3.8) is 0 Å². The largest absolute Gasteiger partial charge is 0.372 e. The Morgan fingerprint density at radius 2 is 1.53 bits per heavy atom. The van der Waals surface area contributed by atoms with Crippen molar-refractivity contribution < 1.29 is 4.79 Å². The van der Waals surface area contributed by atoms with Crippen LogP contribution < -0.4 is 10.2 Å². The van der Waals surface area contributed by atoms with Crippen LogP contribution >= 0.6 is 0 Å². The molecule has 2 aromatic carbocycles. The van der Waals surface area contributed by atoms with Crippen LogP contribution in [0, 0.1) is 0 Å². The van der Waals surface area contributed by atoms with Gasteiger partial charge in [-0.3, -0.25) is 4.79 Å². The van der Waals surface area contributed by atoms with Gasteiger partial charge in [0.2, 0.25) is 0 Å². The molecule has 1 saturated carbocycles. The van der Waals surface area contributed by atoms with E-state index in [1.807, 2.05) is 30.9 Å². The molecular formula is C30H41N3O. The molecule has 1 aliphatic heterocycles. The zero-order chi connectivity index (χ0) is 23.9. The summed E-state index contributed by atoms with van der Waals surface area (Å²) in [5, 5.41) is 3.50. The summed E-state index contributed by atoms with van der Waals surface area (Å²) in [5.74, 6) is 0.115. The van der Waals surface area contributed by atoms with Gasteiger partial charge in [0.15, 0.2) is 0 Å². The average Bonchev–Trinajstić information content (AvgIpc) is 2.91. The minimum absolute atomic E-state index is 0.115. The lowest BCUT2D eigenvalue weighted by Gasteiger charge is -2.33. The highest BCUT2D eigenvalue weighted by atomic mass is 16.2. The number of nitrogens with zero attached hydrogens (tertiary/aromatic N) is 2. The molecule has 0 bridgehead atoms. The Bertz CT molecular complexity index is 976. The molecular weight excluding hydrogens is 418 g/mol. The third kappa shape index (κ3) is 5.55. The van der Waals surface area contributed by atoms with E-state index in [0.29, 0.717) is 6.04 Å². The topological polar surface area (TPSA) is 35.6 Å². The van der Waals surface area contributed by atoms with Gasteiger partial charge in [0.1, 0.15) is 0 Å². The Morgan fingerprint density at radius 1 is 0.882 bits per heavy atom. The molecule has 1 amide bonds. The zero-order valence-electron chi connectivity index (χ0n) is 21.3. The normalized spacial score (nSPS) is 16.9. The van der Waals surface area contributed by atoms with E-state index in [9.17, 15) is 4.79 Å². The maximum absolute atomic E-state index is 12.8. The van der Waals surface area contributed by atoms with Crippen LogP contribution in [0.15, 0.2) is 54.1 Å². The van der Waals surface area contributed by atoms with E-state index in [0.717, 1.165) is 44.6 Å². The van der Waals surface area contributed by atoms with Gasteiger partial charge in [0.05, 0.1) is 0 Å². The summed E-state index contributed by atoms with van der Waals surface area (Å²) in [6, 6.07) is 18.1. The van der Waals surface area contributed by atoms with Crippen LogP contribution in [-0.4, -0.2) is 50.1 Å². The first-order valence-electron chi connectivity index (χ1n) is 13.3. The zero-order valence-corrected chi connectivity index (χ0v) is 21.3. The maximum atomic E-state index is 12.8. The van der Waals surface area contributed by atoms with Crippen molar-refractivity contribution in [2.75, 3.05) is 38.1 Å². The lowest BCUT2D eigenvalue weighted by molar-refractivity contribution is 0.0773. The van der Waals surface area contributed by atoms with E-state index < -0.39 is 0 Å². The molecule has 1 heterocycles. The van der Waals surface area contributed by atoms with Crippen molar-refractivity contribution in [2.24, 2.45) is 0 Å². The Kier molecular flexibility index (Phi) is 8.44. The second-order valence-corrected chi connectivity index (χ2v) is 9.74. The van der Waals surface area contributed by atoms with Crippen molar-refractivity contribution in [3.8, 4) is 0 Å². The number of piperidine rings is 1. The van der Waals surface area contributed by atoms with Gasteiger partial charge in [-0.15, -0.1) is 0 Å². The van der Waals surface area contributed by atoms with Crippen molar-refractivity contribution in [1.82, 2.24) is 10.2 Å². The van der Waals surface area contributed by atoms with E-state index in [1.165, 1.54) is 60.1 Å². The van der Waals surface area contributed by atoms with Crippen molar-refractivity contribution in [2.45, 2.75) is 64.8 Å². The fourth-order valence-electron chi connectivity index (χ4n) is 5.59. The molecule has 0 spiro atoms. The molecule has 0 unspecified atom stereocenters. The highest BCUT2D eigenvalue weighted by Gasteiger charge is 2.21. The van der Waals surface area contributed by atoms with Crippen LogP contribution in [0.1, 0.15) is 80.3 Å². The molecule has 0 atom stereocenters. The SMILES string of the molecule is CCN(CC)C(=O)c1ccc(C(=C2CCNCC2)c2cccc(N(C)C3CCCCC3)c2)cc1. The average molecular weight is 460 g/mol. The van der Waals surface area contributed by atoms with Crippen LogP contribution in [0.3, 0.4) is 0 Å². The molecule has 1 aliphatic carbocycles. The number of anilines is 1. The van der Waals surface area contributed by atoms with Crippen molar-refractivity contribution >= 4 is 17.2 Å². The van der Waals surface area contributed by atoms with Crippen molar-refractivity contribution in [3.05, 3.63) is 70.8 Å². The van der Waals surface area contributed by atoms with Gasteiger partial charge >= 0.3 is 0 Å². The van der Waals surface area contributed by atoms with Crippen molar-refractivity contribution in [1.29, 1.82) is 0 Å². The number of carbonyl (C=O) groups excluding carboxylic acids is 1. The Hall–Kier alpha value is -2.59. The summed E-state index contributed by atoms with van der Waals surface area (Å²) in [7, 11) is 2.26. The minimum atomic E-state index is 0.115. The number of carbonyl (C=O) groups is 1. The monoisotopic (exact) mass is 459 g/mol. The summed E-state index contributed by atoms with van der Waals surface area (Å²) >= 11 is 0. The number of nitrogens with one attached hydrogen (secondary N) is 1. The smallest absolute Gasteiger partial charge is 0.253 e. The number of hydrogen-bond donors (Lipinski definition) is 1. The predicted molar refractivity (Wildman–Crippen MR) is 144 cm³/mol. The molecule has 182 valence electrons. The van der Waals surface area contributed by atoms with Crippen LogP contribution in [0.5, 0.6) is 0 Å². The quantitative estimate of drug-likeness (QED) is 0.541. The second-order valence-electron chi connectivity index (χ2n) is 9.74. The minimum Gasteiger partial charge on any atom is -0.372 e. The lowest BCUT2D eigenvalue weighted by atomic mass is 9.88. The lowest BCUT2D eigenvalue weighted by Crippen LogP contribution is -2.33. The van der Waals surface area contributed by atoms with E-state index in [4.69, 9.17) is 0 Å². The van der Waals surface area contributed by atoms with Crippen LogP contribution in [-0.2, 0) is 0 Å². The first-order chi connectivity index (χ1) is 16.6. The molecule has 0 radical (unpaired) electrons. The molecule has 4 rings (SSSR count). The molecule has 2 aliphatic rings. The molecule has 2 aromatic rings. The number of rotatable bonds is 7. The predicted octanol–water partition coefficient (Wildman–Crippen LogP) is 6.12. The first-order valence-corrected chi connectivity index (χ1v) is 13.3. The van der Waals surface area contributed by atoms with E-state index in [1.54, 1.807) is 0 Å². The summed E-state index contributed by atoms with van der Waals surface area (Å²) in [6.07, 6.45) is 8.79. The second kappa shape index (κ2) is 11.7. The summed E-state index contributed by atoms with van der Waals surface area (Å²) in [6.45, 7) is 7.60. The van der Waals surface area contributed by atoms with Crippen LogP contribution in [0.2, 0.25) is 0 Å². The Labute approximate surface area is 206 Å². The molecule has 1 N–H and O–H groups in total. The van der Waals surface area contributed by atoms with Gasteiger partial charge < -0.3 is 15.1 Å². The Balaban J connectivity index is 1.67. The fourth-order valence-corrected chi connectivity index (χ4v) is 5.59. The molecule has 4 nitrogen and oxygen atoms in total. The molecule has 1 saturated heterocycles. The third-order valence-electron chi connectivity index (χ3n) is 7.70. The van der Waals surface area contributed by atoms with E-state index in [-0.39, 0.29) is 5.91 Å².